The second-order valence-corrected chi connectivity index (χ2v) is 6.46. The van der Waals surface area contributed by atoms with Crippen molar-refractivity contribution in [2.75, 3.05) is 0 Å². The Morgan fingerprint density at radius 1 is 1.11 bits per heavy atom. The third-order valence-electron chi connectivity index (χ3n) is 4.52. The second-order valence-electron chi connectivity index (χ2n) is 6.46. The van der Waals surface area contributed by atoms with Gasteiger partial charge in [0.25, 0.3) is 0 Å². The summed E-state index contributed by atoms with van der Waals surface area (Å²) in [6.07, 6.45) is 1.63. The van der Waals surface area contributed by atoms with Gasteiger partial charge in [0, 0.05) is 23.6 Å². The molecule has 0 radical (unpaired) electrons. The van der Waals surface area contributed by atoms with Crippen LogP contribution in [0.3, 0.4) is 0 Å². The van der Waals surface area contributed by atoms with Crippen molar-refractivity contribution in [3.63, 3.8) is 0 Å². The van der Waals surface area contributed by atoms with Crippen molar-refractivity contribution >= 4 is 16.7 Å². The van der Waals surface area contributed by atoms with Gasteiger partial charge >= 0.3 is 0 Å². The van der Waals surface area contributed by atoms with Crippen LogP contribution in [0, 0.1) is 13.8 Å². The highest BCUT2D eigenvalue weighted by molar-refractivity contribution is 5.97. The number of carbonyl (C=O) groups excluding carboxylic acids is 1. The van der Waals surface area contributed by atoms with E-state index in [2.05, 4.69) is 15.2 Å². The lowest BCUT2D eigenvalue weighted by Gasteiger charge is -2.06. The highest BCUT2D eigenvalue weighted by Crippen LogP contribution is 2.24. The van der Waals surface area contributed by atoms with Crippen molar-refractivity contribution in [1.82, 2.24) is 19.7 Å². The molecule has 0 aliphatic carbocycles. The fourth-order valence-electron chi connectivity index (χ4n) is 2.87. The van der Waals surface area contributed by atoms with Crippen LogP contribution in [0.1, 0.15) is 32.9 Å². The lowest BCUT2D eigenvalue weighted by Crippen LogP contribution is -2.06. The van der Waals surface area contributed by atoms with Gasteiger partial charge in [0.2, 0.25) is 0 Å². The number of Topliss-reactive ketones (excluding diaryl/α,β-unsaturated/α-hetero) is 1. The van der Waals surface area contributed by atoms with Gasteiger partial charge in [-0.1, -0.05) is 35.8 Å². The predicted molar refractivity (Wildman–Crippen MR) is 106 cm³/mol. The molecule has 0 atom stereocenters. The van der Waals surface area contributed by atoms with E-state index in [0.717, 1.165) is 22.5 Å². The number of benzene rings is 2. The Balaban J connectivity index is 1.71. The third-order valence-corrected chi connectivity index (χ3v) is 4.52. The van der Waals surface area contributed by atoms with Crippen molar-refractivity contribution in [2.24, 2.45) is 7.05 Å². The summed E-state index contributed by atoms with van der Waals surface area (Å²) in [5.41, 5.74) is 2.99. The summed E-state index contributed by atoms with van der Waals surface area (Å²) < 4.78 is 34.1. The van der Waals surface area contributed by atoms with Crippen molar-refractivity contribution in [1.29, 1.82) is 0 Å². The fourth-order valence-corrected chi connectivity index (χ4v) is 2.87. The minimum Gasteiger partial charge on any atom is -0.331 e. The molecule has 0 fully saturated rings. The summed E-state index contributed by atoms with van der Waals surface area (Å²) in [5.74, 6) is 0.372. The van der Waals surface area contributed by atoms with Crippen LogP contribution in [0.4, 0.5) is 0 Å². The molecule has 5 heteroatoms. The average molecular weight is 360 g/mol. The van der Waals surface area contributed by atoms with Crippen LogP contribution in [0.2, 0.25) is 0 Å². The Labute approximate surface area is 163 Å². The quantitative estimate of drug-likeness (QED) is 0.515. The summed E-state index contributed by atoms with van der Waals surface area (Å²) in [6.45, 7) is 3.43. The molecule has 2 heterocycles. The first-order valence-electron chi connectivity index (χ1n) is 10.5. The van der Waals surface area contributed by atoms with Crippen LogP contribution in [0.5, 0.6) is 0 Å². The average Bonchev–Trinajstić information content (AvgIpc) is 3.09. The summed E-state index contributed by atoms with van der Waals surface area (Å²) in [6, 6.07) is 6.45. The van der Waals surface area contributed by atoms with Crippen LogP contribution in [0.25, 0.3) is 22.2 Å². The van der Waals surface area contributed by atoms with Crippen molar-refractivity contribution in [3.05, 3.63) is 77.3 Å². The lowest BCUT2D eigenvalue weighted by atomic mass is 10.0. The molecule has 0 bridgehead atoms. The molecule has 2 aromatic heterocycles. The zero-order chi connectivity index (χ0) is 22.4. The molecule has 0 amide bonds. The van der Waals surface area contributed by atoms with E-state index in [1.807, 2.05) is 36.7 Å². The number of aryl methyl sites for hydroxylation is 1. The summed E-state index contributed by atoms with van der Waals surface area (Å²) in [4.78, 5) is 17.2. The monoisotopic (exact) mass is 360 g/mol. The van der Waals surface area contributed by atoms with Gasteiger partial charge in [0.1, 0.15) is 5.82 Å². The van der Waals surface area contributed by atoms with Crippen LogP contribution < -0.4 is 0 Å². The zero-order valence-electron chi connectivity index (χ0n) is 19.3. The number of carbonyl (C=O) groups is 1. The summed E-state index contributed by atoms with van der Waals surface area (Å²) in [5, 5.41) is 9.11. The number of nitrogens with zero attached hydrogens (tertiary/aromatic N) is 4. The van der Waals surface area contributed by atoms with Gasteiger partial charge in [-0.15, -0.1) is 0 Å². The van der Waals surface area contributed by atoms with E-state index >= 15 is 0 Å². The van der Waals surface area contributed by atoms with Gasteiger partial charge in [0.15, 0.2) is 5.78 Å². The van der Waals surface area contributed by atoms with Crippen molar-refractivity contribution in [3.8, 4) is 11.3 Å². The molecule has 0 N–H and O–H groups in total. The van der Waals surface area contributed by atoms with Gasteiger partial charge in [-0.05, 0) is 32.0 Å². The van der Waals surface area contributed by atoms with Crippen molar-refractivity contribution < 1.29 is 10.3 Å². The molecule has 134 valence electrons. The Morgan fingerprint density at radius 3 is 2.59 bits per heavy atom. The summed E-state index contributed by atoms with van der Waals surface area (Å²) in [7, 11) is 1.94. The second kappa shape index (κ2) is 6.76. The Bertz CT molecular complexity index is 1330. The molecule has 0 saturated carbocycles. The zero-order valence-corrected chi connectivity index (χ0v) is 15.3. The Hall–Kier alpha value is -3.34. The van der Waals surface area contributed by atoms with Crippen LogP contribution in [-0.4, -0.2) is 25.5 Å². The van der Waals surface area contributed by atoms with E-state index < -0.39 is 5.78 Å². The first-order chi connectivity index (χ1) is 14.7. The van der Waals surface area contributed by atoms with Gasteiger partial charge < -0.3 is 4.57 Å². The molecule has 0 saturated heterocycles. The van der Waals surface area contributed by atoms with Gasteiger partial charge in [-0.3, -0.25) is 4.79 Å². The van der Waals surface area contributed by atoms with E-state index in [1.54, 1.807) is 12.3 Å². The lowest BCUT2D eigenvalue weighted by molar-refractivity contribution is 0.0991. The maximum atomic E-state index is 12.9. The fraction of sp³-hybridized carbons (Fsp3) is 0.182. The first-order valence-corrected chi connectivity index (χ1v) is 8.54. The number of hydrogen-bond acceptors (Lipinski definition) is 4. The Morgan fingerprint density at radius 2 is 1.89 bits per heavy atom. The Kier molecular flexibility index (Phi) is 3.24. The summed E-state index contributed by atoms with van der Waals surface area (Å²) >= 11 is 0. The number of rotatable bonds is 4. The molecule has 0 aliphatic rings. The van der Waals surface area contributed by atoms with E-state index in [9.17, 15) is 4.79 Å². The van der Waals surface area contributed by atoms with E-state index in [4.69, 9.17) is 5.48 Å². The molecule has 2 aromatic carbocycles. The molecule has 27 heavy (non-hydrogen) atoms. The maximum absolute atomic E-state index is 12.9. The molecule has 4 aromatic rings. The van der Waals surface area contributed by atoms with Crippen LogP contribution in [-0.2, 0) is 13.5 Å². The molecular formula is C22H20N4O. The highest BCUT2D eigenvalue weighted by Gasteiger charge is 2.11. The third kappa shape index (κ3) is 3.36. The topological polar surface area (TPSA) is 60.7 Å². The molecule has 0 spiro atoms. The molecular weight excluding hydrogens is 336 g/mol. The molecule has 4 rings (SSSR count). The minimum absolute atomic E-state index is 0.169. The number of imidazole rings is 1. The maximum Gasteiger partial charge on any atom is 0.168 e. The van der Waals surface area contributed by atoms with Crippen LogP contribution in [0.15, 0.2) is 54.6 Å². The van der Waals surface area contributed by atoms with Crippen LogP contribution >= 0.6 is 0 Å². The molecule has 5 nitrogen and oxygen atoms in total. The van der Waals surface area contributed by atoms with E-state index in [1.165, 1.54) is 6.92 Å². The standard InChI is InChI=1S/C22H20N4O/c1-14-4-6-16(7-5-14)22(27)12-19-11-18-10-17(8-9-20(18)25-24-19)21-13-23-15(2)26(21)3/h4-11,13H,12H2,1-3H3/i4D,5D,6D,7D. The van der Waals surface area contributed by atoms with Gasteiger partial charge in [-0.2, -0.15) is 10.2 Å². The minimum atomic E-state index is -0.524. The van der Waals surface area contributed by atoms with Gasteiger partial charge in [-0.25, -0.2) is 4.98 Å². The SMILES string of the molecule is [2H]c1c([2H])c(C(=O)Cc2cc3cc(-c4cnc(C)n4C)ccc3nn2)c([2H])c([2H])c1C. The number of ketones is 1. The molecule has 0 unspecified atom stereocenters. The van der Waals surface area contributed by atoms with Gasteiger partial charge in [0.05, 0.1) is 35.0 Å². The predicted octanol–water partition coefficient (Wildman–Crippen LogP) is 4.07. The normalized spacial score (nSPS) is 13.1. The first kappa shape index (κ1) is 12.9. The smallest absolute Gasteiger partial charge is 0.168 e. The molecule has 0 aliphatic heterocycles. The van der Waals surface area contributed by atoms with E-state index in [-0.39, 0.29) is 41.7 Å². The number of hydrogen-bond donors (Lipinski definition) is 0. The van der Waals surface area contributed by atoms with Crippen molar-refractivity contribution in [2.45, 2.75) is 20.3 Å². The highest BCUT2D eigenvalue weighted by atomic mass is 16.1. The van der Waals surface area contributed by atoms with E-state index in [0.29, 0.717) is 11.2 Å². The number of aromatic nitrogens is 4. The number of fused-ring (bicyclic) bond motifs is 1. The largest absolute Gasteiger partial charge is 0.331 e.